The van der Waals surface area contributed by atoms with E-state index in [1.54, 1.807) is 25.9 Å². The predicted molar refractivity (Wildman–Crippen MR) is 63.0 cm³/mol. The van der Waals surface area contributed by atoms with Crippen molar-refractivity contribution in [3.63, 3.8) is 0 Å². The van der Waals surface area contributed by atoms with Crippen LogP contribution in [0.25, 0.3) is 0 Å². The summed E-state index contributed by atoms with van der Waals surface area (Å²) in [5.74, 6) is -0.00736. The van der Waals surface area contributed by atoms with Gasteiger partial charge in [-0.3, -0.25) is 9.59 Å². The molecule has 0 aromatic rings. The fourth-order valence-corrected chi connectivity index (χ4v) is 0.858. The monoisotopic (exact) mass is 236 g/mol. The third-order valence-electron chi connectivity index (χ3n) is 1.58. The molecule has 0 unspecified atom stereocenters. The van der Waals surface area contributed by atoms with Crippen molar-refractivity contribution >= 4 is 23.6 Å². The fraction of sp³-hybridized carbons (Fsp3) is 0.778. The van der Waals surface area contributed by atoms with Gasteiger partial charge in [0.25, 0.3) is 0 Å². The minimum absolute atomic E-state index is 0.0926. The van der Waals surface area contributed by atoms with E-state index in [-0.39, 0.29) is 5.91 Å². The van der Waals surface area contributed by atoms with Gasteiger partial charge in [-0.05, 0) is 18.4 Å². The van der Waals surface area contributed by atoms with Gasteiger partial charge in [-0.15, -0.1) is 0 Å². The summed E-state index contributed by atoms with van der Waals surface area (Å²) >= 11 is 1.60. The number of aliphatic carboxylic acids is 1. The number of carbonyl (C=O) groups is 2. The summed E-state index contributed by atoms with van der Waals surface area (Å²) in [5, 5.41) is 8.27. The third kappa shape index (κ3) is 13.2. The third-order valence-corrected chi connectivity index (χ3v) is 2.22. The number of carboxylic acid groups (broad SMARTS) is 1. The summed E-state index contributed by atoms with van der Waals surface area (Å²) in [6.07, 6.45) is 2.48. The summed E-state index contributed by atoms with van der Waals surface area (Å²) in [5.41, 5.74) is 5.19. The largest absolute Gasteiger partial charge is 0.480 e. The number of nitrogens with zero attached hydrogens (tertiary/aromatic N) is 1. The van der Waals surface area contributed by atoms with Gasteiger partial charge in [0.05, 0.1) is 0 Å². The van der Waals surface area contributed by atoms with Crippen LogP contribution < -0.4 is 5.73 Å². The lowest BCUT2D eigenvalue weighted by Crippen LogP contribution is -2.30. The van der Waals surface area contributed by atoms with Crippen molar-refractivity contribution in [1.29, 1.82) is 0 Å². The van der Waals surface area contributed by atoms with Gasteiger partial charge >= 0.3 is 5.97 Å². The Balaban J connectivity index is 0. The van der Waals surface area contributed by atoms with Crippen LogP contribution in [-0.4, -0.2) is 54.0 Å². The van der Waals surface area contributed by atoms with E-state index in [1.807, 2.05) is 6.26 Å². The highest BCUT2D eigenvalue weighted by Gasteiger charge is 2.08. The first-order valence-electron chi connectivity index (χ1n) is 4.48. The molecule has 1 atom stereocenters. The lowest BCUT2D eigenvalue weighted by Gasteiger charge is -2.02. The van der Waals surface area contributed by atoms with E-state index in [4.69, 9.17) is 10.8 Å². The first-order chi connectivity index (χ1) is 6.82. The first kappa shape index (κ1) is 16.7. The van der Waals surface area contributed by atoms with E-state index in [1.165, 1.54) is 11.8 Å². The van der Waals surface area contributed by atoms with Crippen LogP contribution in [0.2, 0.25) is 0 Å². The topological polar surface area (TPSA) is 83.6 Å². The minimum atomic E-state index is -0.913. The molecule has 0 saturated heterocycles. The molecule has 15 heavy (non-hydrogen) atoms. The van der Waals surface area contributed by atoms with Crippen LogP contribution in [0.5, 0.6) is 0 Å². The molecule has 0 aromatic carbocycles. The van der Waals surface area contributed by atoms with Crippen molar-refractivity contribution in [1.82, 2.24) is 4.90 Å². The maximum atomic E-state index is 10.1. The van der Waals surface area contributed by atoms with E-state index in [2.05, 4.69) is 0 Å². The van der Waals surface area contributed by atoms with Crippen LogP contribution in [0.3, 0.4) is 0 Å². The van der Waals surface area contributed by atoms with Crippen LogP contribution >= 0.6 is 11.8 Å². The van der Waals surface area contributed by atoms with E-state index in [9.17, 15) is 9.59 Å². The Bertz CT molecular complexity index is 198. The SMILES string of the molecule is CC(=O)N(C)C.CSCC[C@H](N)C(=O)O. The molecule has 0 aliphatic heterocycles. The van der Waals surface area contributed by atoms with Crippen molar-refractivity contribution in [2.45, 2.75) is 19.4 Å². The molecule has 0 rings (SSSR count). The molecule has 0 radical (unpaired) electrons. The standard InChI is InChI=1S/C5H11NO2S.C4H9NO/c1-9-3-2-4(6)5(7)8;1-4(6)5(2)3/h4H,2-3,6H2,1H3,(H,7,8);1-3H3/t4-;/m0./s1. The van der Waals surface area contributed by atoms with Crippen molar-refractivity contribution < 1.29 is 14.7 Å². The van der Waals surface area contributed by atoms with Crippen LogP contribution in [0, 0.1) is 0 Å². The molecule has 0 aliphatic carbocycles. The number of amides is 1. The average molecular weight is 236 g/mol. The van der Waals surface area contributed by atoms with Gasteiger partial charge in [0.15, 0.2) is 0 Å². The highest BCUT2D eigenvalue weighted by molar-refractivity contribution is 7.98. The number of carboxylic acids is 1. The number of nitrogens with two attached hydrogens (primary N) is 1. The molecule has 0 bridgehead atoms. The fourth-order valence-electron chi connectivity index (χ4n) is 0.368. The molecule has 90 valence electrons. The molecule has 0 spiro atoms. The summed E-state index contributed by atoms with van der Waals surface area (Å²) < 4.78 is 0. The van der Waals surface area contributed by atoms with Gasteiger partial charge in [-0.2, -0.15) is 11.8 Å². The van der Waals surface area contributed by atoms with E-state index in [0.29, 0.717) is 6.42 Å². The zero-order valence-corrected chi connectivity index (χ0v) is 10.5. The summed E-state index contributed by atoms with van der Waals surface area (Å²) in [7, 11) is 3.45. The highest BCUT2D eigenvalue weighted by atomic mass is 32.2. The van der Waals surface area contributed by atoms with E-state index < -0.39 is 12.0 Å². The Hall–Kier alpha value is -0.750. The maximum Gasteiger partial charge on any atom is 0.320 e. The molecule has 6 heteroatoms. The first-order valence-corrected chi connectivity index (χ1v) is 5.87. The zero-order chi connectivity index (χ0) is 12.4. The summed E-state index contributed by atoms with van der Waals surface area (Å²) in [6.45, 7) is 1.53. The van der Waals surface area contributed by atoms with Crippen LogP contribution in [0.4, 0.5) is 0 Å². The highest BCUT2D eigenvalue weighted by Crippen LogP contribution is 1.97. The number of hydrogen-bond donors (Lipinski definition) is 2. The van der Waals surface area contributed by atoms with Gasteiger partial charge in [0, 0.05) is 21.0 Å². The molecule has 0 aliphatic rings. The number of rotatable bonds is 4. The second-order valence-electron chi connectivity index (χ2n) is 3.14. The minimum Gasteiger partial charge on any atom is -0.480 e. The second-order valence-corrected chi connectivity index (χ2v) is 4.13. The van der Waals surface area contributed by atoms with Crippen molar-refractivity contribution in [2.75, 3.05) is 26.1 Å². The number of hydrogen-bond acceptors (Lipinski definition) is 4. The van der Waals surface area contributed by atoms with Gasteiger partial charge in [0.2, 0.25) is 5.91 Å². The molecule has 1 amide bonds. The molecule has 0 heterocycles. The second kappa shape index (κ2) is 9.79. The van der Waals surface area contributed by atoms with E-state index in [0.717, 1.165) is 5.75 Å². The van der Waals surface area contributed by atoms with Crippen molar-refractivity contribution in [3.8, 4) is 0 Å². The van der Waals surface area contributed by atoms with Gasteiger partial charge in [-0.1, -0.05) is 0 Å². The Kier molecular flexibility index (Phi) is 10.9. The molecular formula is C9H20N2O3S. The van der Waals surface area contributed by atoms with E-state index >= 15 is 0 Å². The van der Waals surface area contributed by atoms with Gasteiger partial charge in [-0.25, -0.2) is 0 Å². The van der Waals surface area contributed by atoms with Crippen LogP contribution in [-0.2, 0) is 9.59 Å². The molecule has 0 saturated carbocycles. The smallest absolute Gasteiger partial charge is 0.320 e. The van der Waals surface area contributed by atoms with Crippen molar-refractivity contribution in [3.05, 3.63) is 0 Å². The Morgan fingerprint density at radius 3 is 2.07 bits per heavy atom. The molecule has 3 N–H and O–H groups in total. The quantitative estimate of drug-likeness (QED) is 0.731. The summed E-state index contributed by atoms with van der Waals surface area (Å²) in [4.78, 5) is 21.7. The lowest BCUT2D eigenvalue weighted by molar-refractivity contribution is -0.138. The van der Waals surface area contributed by atoms with Crippen molar-refractivity contribution in [2.24, 2.45) is 5.73 Å². The Morgan fingerprint density at radius 1 is 1.47 bits per heavy atom. The number of carbonyl (C=O) groups excluding carboxylic acids is 1. The van der Waals surface area contributed by atoms with Crippen LogP contribution in [0.1, 0.15) is 13.3 Å². The molecule has 5 nitrogen and oxygen atoms in total. The predicted octanol–water partition coefficient (Wildman–Crippen LogP) is 0.246. The number of thioether (sulfide) groups is 1. The zero-order valence-electron chi connectivity index (χ0n) is 9.69. The lowest BCUT2D eigenvalue weighted by atomic mass is 10.2. The molecular weight excluding hydrogens is 216 g/mol. The molecule has 0 aromatic heterocycles. The van der Waals surface area contributed by atoms with Gasteiger partial charge in [0.1, 0.15) is 6.04 Å². The Morgan fingerprint density at radius 2 is 1.87 bits per heavy atom. The average Bonchev–Trinajstić information content (AvgIpc) is 2.14. The van der Waals surface area contributed by atoms with Crippen LogP contribution in [0.15, 0.2) is 0 Å². The maximum absolute atomic E-state index is 10.1. The summed E-state index contributed by atoms with van der Waals surface area (Å²) in [6, 6.07) is -0.683. The molecule has 0 fully saturated rings. The van der Waals surface area contributed by atoms with Gasteiger partial charge < -0.3 is 15.7 Å². The normalized spacial score (nSPS) is 11.0. The Labute approximate surface area is 95.0 Å².